The summed E-state index contributed by atoms with van der Waals surface area (Å²) in [5, 5.41) is 3.24. The number of aromatic nitrogens is 2. The van der Waals surface area contributed by atoms with Crippen LogP contribution in [0.15, 0.2) is 11.1 Å². The van der Waals surface area contributed by atoms with E-state index in [2.05, 4.69) is 10.3 Å². The third-order valence-electron chi connectivity index (χ3n) is 2.56. The molecule has 1 atom stereocenters. The molecule has 1 N–H and O–H groups in total. The largest absolute Gasteiger partial charge is 0.374 e. The summed E-state index contributed by atoms with van der Waals surface area (Å²) in [4.78, 5) is 16.1. The van der Waals surface area contributed by atoms with E-state index in [9.17, 15) is 4.79 Å². The maximum absolute atomic E-state index is 11.9. The van der Waals surface area contributed by atoms with Gasteiger partial charge < -0.3 is 10.1 Å². The Kier molecular flexibility index (Phi) is 3.93. The molecule has 1 fully saturated rings. The molecule has 0 bridgehead atoms. The Bertz CT molecular complexity index is 427. The molecule has 6 heteroatoms. The van der Waals surface area contributed by atoms with Crippen LogP contribution in [0.1, 0.15) is 5.69 Å². The second-order valence-electron chi connectivity index (χ2n) is 3.80. The fourth-order valence-electron chi connectivity index (χ4n) is 1.63. The third kappa shape index (κ3) is 2.61. The van der Waals surface area contributed by atoms with Gasteiger partial charge in [-0.2, -0.15) is 0 Å². The summed E-state index contributed by atoms with van der Waals surface area (Å²) in [6.45, 7) is 4.78. The van der Waals surface area contributed by atoms with Crippen molar-refractivity contribution in [3.8, 4) is 0 Å². The van der Waals surface area contributed by atoms with Crippen LogP contribution in [-0.4, -0.2) is 35.4 Å². The van der Waals surface area contributed by atoms with Gasteiger partial charge in [-0.3, -0.25) is 9.36 Å². The van der Waals surface area contributed by atoms with Crippen LogP contribution in [0.2, 0.25) is 0 Å². The van der Waals surface area contributed by atoms with Crippen molar-refractivity contribution in [3.63, 3.8) is 0 Å². The normalized spacial score (nSPS) is 21.0. The Balaban J connectivity index is 2.15. The van der Waals surface area contributed by atoms with Crippen LogP contribution >= 0.6 is 22.6 Å². The lowest BCUT2D eigenvalue weighted by Crippen LogP contribution is -2.42. The van der Waals surface area contributed by atoms with Gasteiger partial charge in [-0.1, -0.05) is 0 Å². The molecule has 0 radical (unpaired) electrons. The first-order valence-corrected chi connectivity index (χ1v) is 6.30. The summed E-state index contributed by atoms with van der Waals surface area (Å²) in [5.41, 5.74) is 0.798. The monoisotopic (exact) mass is 335 g/mol. The van der Waals surface area contributed by atoms with Gasteiger partial charge in [-0.05, 0) is 29.5 Å². The minimum absolute atomic E-state index is 0.0160. The van der Waals surface area contributed by atoms with Gasteiger partial charge in [0, 0.05) is 13.1 Å². The molecular weight excluding hydrogens is 321 g/mol. The second-order valence-corrected chi connectivity index (χ2v) is 4.88. The molecule has 0 aromatic carbocycles. The first-order chi connectivity index (χ1) is 7.68. The number of hydrogen-bond acceptors (Lipinski definition) is 4. The molecule has 1 aromatic heterocycles. The highest BCUT2D eigenvalue weighted by atomic mass is 127. The Morgan fingerprint density at radius 3 is 3.25 bits per heavy atom. The van der Waals surface area contributed by atoms with Gasteiger partial charge in [0.15, 0.2) is 0 Å². The summed E-state index contributed by atoms with van der Waals surface area (Å²) in [5.74, 6) is 0. The minimum atomic E-state index is 0.0160. The zero-order valence-electron chi connectivity index (χ0n) is 9.07. The first kappa shape index (κ1) is 12.0. The molecule has 2 heterocycles. The van der Waals surface area contributed by atoms with E-state index >= 15 is 0 Å². The van der Waals surface area contributed by atoms with Crippen LogP contribution in [0.4, 0.5) is 0 Å². The van der Waals surface area contributed by atoms with Gasteiger partial charge in [0.2, 0.25) is 0 Å². The van der Waals surface area contributed by atoms with Crippen molar-refractivity contribution in [1.29, 1.82) is 0 Å². The summed E-state index contributed by atoms with van der Waals surface area (Å²) < 4.78 is 7.86. The van der Waals surface area contributed by atoms with Crippen LogP contribution in [0.5, 0.6) is 0 Å². The molecule has 88 valence electrons. The molecule has 16 heavy (non-hydrogen) atoms. The van der Waals surface area contributed by atoms with E-state index in [0.29, 0.717) is 16.7 Å². The molecule has 0 aliphatic carbocycles. The van der Waals surface area contributed by atoms with Gasteiger partial charge >= 0.3 is 0 Å². The van der Waals surface area contributed by atoms with Crippen LogP contribution in [0.25, 0.3) is 0 Å². The fraction of sp³-hybridized carbons (Fsp3) is 0.600. The van der Waals surface area contributed by atoms with Crippen molar-refractivity contribution in [3.05, 3.63) is 25.9 Å². The number of nitrogens with zero attached hydrogens (tertiary/aromatic N) is 2. The fourth-order valence-corrected chi connectivity index (χ4v) is 2.08. The van der Waals surface area contributed by atoms with E-state index in [-0.39, 0.29) is 11.7 Å². The van der Waals surface area contributed by atoms with Crippen molar-refractivity contribution in [2.45, 2.75) is 19.6 Å². The van der Waals surface area contributed by atoms with Gasteiger partial charge in [0.1, 0.15) is 0 Å². The van der Waals surface area contributed by atoms with E-state index in [1.165, 1.54) is 0 Å². The van der Waals surface area contributed by atoms with Gasteiger partial charge in [0.05, 0.1) is 34.8 Å². The Morgan fingerprint density at radius 1 is 1.75 bits per heavy atom. The van der Waals surface area contributed by atoms with E-state index in [4.69, 9.17) is 4.74 Å². The molecule has 1 aliphatic heterocycles. The van der Waals surface area contributed by atoms with Crippen molar-refractivity contribution in [2.24, 2.45) is 0 Å². The zero-order valence-corrected chi connectivity index (χ0v) is 11.2. The topological polar surface area (TPSA) is 56.1 Å². The second kappa shape index (κ2) is 5.24. The summed E-state index contributed by atoms with van der Waals surface area (Å²) in [6.07, 6.45) is 1.66. The summed E-state index contributed by atoms with van der Waals surface area (Å²) >= 11 is 2.04. The summed E-state index contributed by atoms with van der Waals surface area (Å²) in [7, 11) is 0. The third-order valence-corrected chi connectivity index (χ3v) is 3.80. The molecule has 1 unspecified atom stereocenters. The number of halogens is 1. The van der Waals surface area contributed by atoms with E-state index in [1.54, 1.807) is 10.9 Å². The Hall–Kier alpha value is -0.470. The van der Waals surface area contributed by atoms with Gasteiger partial charge in [0.25, 0.3) is 5.56 Å². The van der Waals surface area contributed by atoms with Crippen LogP contribution < -0.4 is 10.9 Å². The average Bonchev–Trinajstić information content (AvgIpc) is 2.31. The van der Waals surface area contributed by atoms with Crippen LogP contribution in [0.3, 0.4) is 0 Å². The van der Waals surface area contributed by atoms with E-state index in [0.717, 1.165) is 18.8 Å². The number of ether oxygens (including phenoxy) is 1. The number of nitrogens with one attached hydrogen (secondary N) is 1. The van der Waals surface area contributed by atoms with Gasteiger partial charge in [-0.15, -0.1) is 0 Å². The smallest absolute Gasteiger partial charge is 0.267 e. The lowest BCUT2D eigenvalue weighted by atomic mass is 10.3. The zero-order chi connectivity index (χ0) is 11.5. The Labute approximate surface area is 107 Å². The van der Waals surface area contributed by atoms with Crippen molar-refractivity contribution in [2.75, 3.05) is 19.7 Å². The standard InChI is InChI=1S/C10H14IN3O2/c1-7-9(11)10(15)14(6-13-7)5-8-4-12-2-3-16-8/h6,8,12H,2-5H2,1H3. The van der Waals surface area contributed by atoms with E-state index in [1.807, 2.05) is 29.5 Å². The number of aryl methyl sites for hydroxylation is 1. The molecule has 0 amide bonds. The molecule has 0 spiro atoms. The lowest BCUT2D eigenvalue weighted by Gasteiger charge is -2.24. The lowest BCUT2D eigenvalue weighted by molar-refractivity contribution is 0.0174. The maximum Gasteiger partial charge on any atom is 0.267 e. The highest BCUT2D eigenvalue weighted by Crippen LogP contribution is 2.03. The maximum atomic E-state index is 11.9. The van der Waals surface area contributed by atoms with Crippen LogP contribution in [-0.2, 0) is 11.3 Å². The SMILES string of the molecule is Cc1ncn(CC2CNCCO2)c(=O)c1I. The molecule has 1 saturated heterocycles. The molecule has 2 rings (SSSR count). The number of morpholine rings is 1. The molecular formula is C10H14IN3O2. The Morgan fingerprint density at radius 2 is 2.56 bits per heavy atom. The van der Waals surface area contributed by atoms with Gasteiger partial charge in [-0.25, -0.2) is 4.98 Å². The predicted octanol–water partition coefficient (Wildman–Crippen LogP) is 0.145. The molecule has 1 aromatic rings. The number of rotatable bonds is 2. The quantitative estimate of drug-likeness (QED) is 0.782. The molecule has 5 nitrogen and oxygen atoms in total. The minimum Gasteiger partial charge on any atom is -0.374 e. The summed E-state index contributed by atoms with van der Waals surface area (Å²) in [6, 6.07) is 0. The van der Waals surface area contributed by atoms with Crippen molar-refractivity contribution >= 4 is 22.6 Å². The highest BCUT2D eigenvalue weighted by Gasteiger charge is 2.15. The first-order valence-electron chi connectivity index (χ1n) is 5.22. The van der Waals surface area contributed by atoms with Crippen molar-refractivity contribution in [1.82, 2.24) is 14.9 Å². The van der Waals surface area contributed by atoms with Crippen LogP contribution in [0, 0.1) is 10.5 Å². The number of hydrogen-bond donors (Lipinski definition) is 1. The highest BCUT2D eigenvalue weighted by molar-refractivity contribution is 14.1. The average molecular weight is 335 g/mol. The molecule has 1 aliphatic rings. The molecule has 0 saturated carbocycles. The van der Waals surface area contributed by atoms with Crippen molar-refractivity contribution < 1.29 is 4.74 Å². The van der Waals surface area contributed by atoms with E-state index < -0.39 is 0 Å². The predicted molar refractivity (Wildman–Crippen MR) is 68.6 cm³/mol.